The third-order valence-electron chi connectivity index (χ3n) is 5.42. The van der Waals surface area contributed by atoms with Gasteiger partial charge in [-0.05, 0) is 15.4 Å². The van der Waals surface area contributed by atoms with Gasteiger partial charge in [0.15, 0.2) is 6.29 Å². The molecular formula is C22H29IO4Si. The van der Waals surface area contributed by atoms with Gasteiger partial charge in [0.05, 0.1) is 16.6 Å². The van der Waals surface area contributed by atoms with Crippen LogP contribution in [0.1, 0.15) is 20.8 Å². The standard InChI is InChI=1S/C22H29IO4Si/c1-22(2,3)28(16-11-7-5-8-12-16,17-13-9-6-10-14-17)26-15-18-19(23)20(25-4)21(24)27-18/h5-14,18-21,24H,15H2,1-4H3/t18-,19-,20-,21+/m1/s1. The van der Waals surface area contributed by atoms with Crippen molar-refractivity contribution in [3.63, 3.8) is 0 Å². The van der Waals surface area contributed by atoms with Crippen LogP contribution in [0.3, 0.4) is 0 Å². The first-order valence-electron chi connectivity index (χ1n) is 9.56. The Morgan fingerprint density at radius 3 is 1.89 bits per heavy atom. The van der Waals surface area contributed by atoms with Crippen molar-refractivity contribution in [1.82, 2.24) is 0 Å². The Morgan fingerprint density at radius 1 is 1.00 bits per heavy atom. The maximum absolute atomic E-state index is 10.2. The molecular weight excluding hydrogens is 483 g/mol. The van der Waals surface area contributed by atoms with Gasteiger partial charge in [0.1, 0.15) is 6.10 Å². The highest BCUT2D eigenvalue weighted by molar-refractivity contribution is 14.1. The van der Waals surface area contributed by atoms with Crippen molar-refractivity contribution in [2.24, 2.45) is 0 Å². The Morgan fingerprint density at radius 2 is 1.50 bits per heavy atom. The number of methoxy groups -OCH3 is 1. The zero-order valence-electron chi connectivity index (χ0n) is 16.8. The third-order valence-corrected chi connectivity index (χ3v) is 11.9. The van der Waals surface area contributed by atoms with Crippen LogP contribution in [0.15, 0.2) is 60.7 Å². The van der Waals surface area contributed by atoms with E-state index in [1.807, 2.05) is 12.1 Å². The Hall–Kier alpha value is -0.773. The number of rotatable bonds is 6. The zero-order chi connectivity index (χ0) is 20.4. The average molecular weight is 512 g/mol. The van der Waals surface area contributed by atoms with Gasteiger partial charge < -0.3 is 19.0 Å². The van der Waals surface area contributed by atoms with Crippen LogP contribution < -0.4 is 10.4 Å². The van der Waals surface area contributed by atoms with Crippen LogP contribution in [-0.2, 0) is 13.9 Å². The van der Waals surface area contributed by atoms with E-state index in [9.17, 15) is 5.11 Å². The van der Waals surface area contributed by atoms with Crippen LogP contribution >= 0.6 is 22.6 Å². The molecule has 1 aliphatic rings. The summed E-state index contributed by atoms with van der Waals surface area (Å²) in [4.78, 5) is 0. The van der Waals surface area contributed by atoms with E-state index in [0.717, 1.165) is 0 Å². The second-order valence-corrected chi connectivity index (χ2v) is 13.9. The third kappa shape index (κ3) is 4.08. The minimum atomic E-state index is -2.61. The van der Waals surface area contributed by atoms with Crippen molar-refractivity contribution in [3.05, 3.63) is 60.7 Å². The highest BCUT2D eigenvalue weighted by atomic mass is 127. The maximum Gasteiger partial charge on any atom is 0.261 e. The van der Waals surface area contributed by atoms with Crippen LogP contribution in [0, 0.1) is 0 Å². The van der Waals surface area contributed by atoms with Gasteiger partial charge in [-0.1, -0.05) is 104 Å². The molecule has 0 spiro atoms. The lowest BCUT2D eigenvalue weighted by Gasteiger charge is -2.43. The Kier molecular flexibility index (Phi) is 6.99. The van der Waals surface area contributed by atoms with Crippen LogP contribution in [0.2, 0.25) is 5.04 Å². The summed E-state index contributed by atoms with van der Waals surface area (Å²) in [6.45, 7) is 7.17. The van der Waals surface area contributed by atoms with E-state index in [4.69, 9.17) is 13.9 Å². The van der Waals surface area contributed by atoms with Crippen molar-refractivity contribution in [2.75, 3.05) is 13.7 Å². The second kappa shape index (κ2) is 8.93. The Bertz CT molecular complexity index is 711. The molecule has 2 aromatic rings. The maximum atomic E-state index is 10.2. The molecule has 1 heterocycles. The van der Waals surface area contributed by atoms with Gasteiger partial charge >= 0.3 is 0 Å². The Labute approximate surface area is 182 Å². The summed E-state index contributed by atoms with van der Waals surface area (Å²) < 4.78 is 18.1. The number of hydrogen-bond acceptors (Lipinski definition) is 4. The molecule has 6 heteroatoms. The van der Waals surface area contributed by atoms with Crippen molar-refractivity contribution in [1.29, 1.82) is 0 Å². The molecule has 4 atom stereocenters. The summed E-state index contributed by atoms with van der Waals surface area (Å²) in [5.41, 5.74) is 0. The lowest BCUT2D eigenvalue weighted by Crippen LogP contribution is -2.67. The van der Waals surface area contributed by atoms with E-state index in [2.05, 4.69) is 91.9 Å². The average Bonchev–Trinajstić information content (AvgIpc) is 2.95. The van der Waals surface area contributed by atoms with Gasteiger partial charge in [0, 0.05) is 7.11 Å². The molecule has 0 bridgehead atoms. The topological polar surface area (TPSA) is 47.9 Å². The van der Waals surface area contributed by atoms with Crippen molar-refractivity contribution in [3.8, 4) is 0 Å². The molecule has 152 valence electrons. The highest BCUT2D eigenvalue weighted by Crippen LogP contribution is 2.38. The Balaban J connectivity index is 2.00. The minimum absolute atomic E-state index is 0.0239. The van der Waals surface area contributed by atoms with E-state index >= 15 is 0 Å². The fourth-order valence-corrected chi connectivity index (χ4v) is 9.64. The number of aliphatic hydroxyl groups is 1. The molecule has 2 aromatic carbocycles. The predicted octanol–water partition coefficient (Wildman–Crippen LogP) is 3.10. The lowest BCUT2D eigenvalue weighted by atomic mass is 10.2. The minimum Gasteiger partial charge on any atom is -0.405 e. The number of benzene rings is 2. The SMILES string of the molecule is CO[C@@H]1[C@H](I)[C@@H](CO[Si](c2ccccc2)(c2ccccc2)C(C)(C)C)O[C@@H]1O. The van der Waals surface area contributed by atoms with Crippen LogP contribution in [0.5, 0.6) is 0 Å². The summed E-state index contributed by atoms with van der Waals surface area (Å²) in [6.07, 6.45) is -1.48. The first-order valence-corrected chi connectivity index (χ1v) is 12.7. The van der Waals surface area contributed by atoms with Gasteiger partial charge in [-0.25, -0.2) is 0 Å². The van der Waals surface area contributed by atoms with E-state index in [1.165, 1.54) is 10.4 Å². The quantitative estimate of drug-likeness (QED) is 0.367. The second-order valence-electron chi connectivity index (χ2n) is 8.18. The largest absolute Gasteiger partial charge is 0.405 e. The smallest absolute Gasteiger partial charge is 0.261 e. The number of aliphatic hydroxyl groups excluding tert-OH is 1. The van der Waals surface area contributed by atoms with Crippen molar-refractivity contribution < 1.29 is 19.0 Å². The summed E-state index contributed by atoms with van der Waals surface area (Å²) in [5, 5.41) is 12.5. The highest BCUT2D eigenvalue weighted by Gasteiger charge is 2.52. The normalized spacial score (nSPS) is 25.8. The molecule has 1 N–H and O–H groups in total. The number of ether oxygens (including phenoxy) is 2. The van der Waals surface area contributed by atoms with Crippen LogP contribution in [0.25, 0.3) is 0 Å². The fraction of sp³-hybridized carbons (Fsp3) is 0.455. The summed E-state index contributed by atoms with van der Waals surface area (Å²) in [6, 6.07) is 21.1. The zero-order valence-corrected chi connectivity index (χ0v) is 20.0. The molecule has 0 unspecified atom stereocenters. The molecule has 1 saturated heterocycles. The van der Waals surface area contributed by atoms with Gasteiger partial charge in [-0.15, -0.1) is 0 Å². The molecule has 0 aromatic heterocycles. The van der Waals surface area contributed by atoms with Crippen LogP contribution in [-0.4, -0.2) is 49.6 Å². The van der Waals surface area contributed by atoms with Crippen LogP contribution in [0.4, 0.5) is 0 Å². The monoisotopic (exact) mass is 512 g/mol. The van der Waals surface area contributed by atoms with E-state index in [1.54, 1.807) is 7.11 Å². The summed E-state index contributed by atoms with van der Waals surface area (Å²) in [7, 11) is -1.00. The molecule has 0 radical (unpaired) electrons. The van der Waals surface area contributed by atoms with Crippen molar-refractivity contribution >= 4 is 41.3 Å². The van der Waals surface area contributed by atoms with E-state index in [0.29, 0.717) is 6.61 Å². The van der Waals surface area contributed by atoms with E-state index < -0.39 is 14.6 Å². The number of hydrogen-bond donors (Lipinski definition) is 1. The lowest BCUT2D eigenvalue weighted by molar-refractivity contribution is -0.138. The molecule has 4 nitrogen and oxygen atoms in total. The molecule has 1 fully saturated rings. The molecule has 1 aliphatic heterocycles. The fourth-order valence-electron chi connectivity index (χ4n) is 4.05. The first kappa shape index (κ1) is 21.9. The summed E-state index contributed by atoms with van der Waals surface area (Å²) >= 11 is 2.30. The van der Waals surface area contributed by atoms with Gasteiger partial charge in [0.25, 0.3) is 8.32 Å². The molecule has 0 aliphatic carbocycles. The molecule has 0 saturated carbocycles. The predicted molar refractivity (Wildman–Crippen MR) is 123 cm³/mol. The molecule has 28 heavy (non-hydrogen) atoms. The van der Waals surface area contributed by atoms with Gasteiger partial charge in [-0.2, -0.15) is 0 Å². The number of halogens is 1. The number of alkyl halides is 1. The molecule has 3 rings (SSSR count). The molecule has 0 amide bonds. The first-order chi connectivity index (χ1) is 13.3. The van der Waals surface area contributed by atoms with Gasteiger partial charge in [0.2, 0.25) is 0 Å². The van der Waals surface area contributed by atoms with Gasteiger partial charge in [-0.3, -0.25) is 0 Å². The van der Waals surface area contributed by atoms with Crippen molar-refractivity contribution in [2.45, 2.75) is 48.2 Å². The summed E-state index contributed by atoms with van der Waals surface area (Å²) in [5.74, 6) is 0. The van der Waals surface area contributed by atoms with E-state index in [-0.39, 0.29) is 21.2 Å².